The van der Waals surface area contributed by atoms with E-state index in [0.29, 0.717) is 48.9 Å². The van der Waals surface area contributed by atoms with E-state index in [1.165, 1.54) is 10.6 Å². The summed E-state index contributed by atoms with van der Waals surface area (Å²) in [5.41, 5.74) is 0.599. The van der Waals surface area contributed by atoms with E-state index in [-0.39, 0.29) is 5.82 Å². The summed E-state index contributed by atoms with van der Waals surface area (Å²) in [4.78, 5) is 35.5. The lowest BCUT2D eigenvalue weighted by Gasteiger charge is -2.35. The first-order valence-corrected chi connectivity index (χ1v) is 9.40. The maximum Gasteiger partial charge on any atom is 0.329 e. The molecule has 0 saturated carbocycles. The van der Waals surface area contributed by atoms with E-state index in [4.69, 9.17) is 0 Å². The van der Waals surface area contributed by atoms with Crippen LogP contribution in [-0.4, -0.2) is 50.2 Å². The molecular weight excluding hydrogens is 363 g/mol. The van der Waals surface area contributed by atoms with Crippen LogP contribution in [0, 0.1) is 5.82 Å². The molecule has 148 valence electrons. The Morgan fingerprint density at radius 2 is 1.86 bits per heavy atom. The molecule has 1 aliphatic heterocycles. The van der Waals surface area contributed by atoms with E-state index < -0.39 is 11.2 Å². The fourth-order valence-electron chi connectivity index (χ4n) is 3.74. The standard InChI is InChI=1S/C19H23FN6O2/c1-3-26-15-16(23(2)19(28)22-17(15)27)21-18(26)25-10-8-24(9-11-25)12-13-6-4-5-7-14(13)20/h4-7H,3,8-12H2,1-2H3,(H,22,27,28). The monoisotopic (exact) mass is 386 g/mol. The molecule has 0 amide bonds. The molecule has 0 radical (unpaired) electrons. The molecule has 0 unspecified atom stereocenters. The molecule has 1 N–H and O–H groups in total. The average Bonchev–Trinajstić information content (AvgIpc) is 3.09. The van der Waals surface area contributed by atoms with Crippen molar-refractivity contribution in [3.05, 3.63) is 56.5 Å². The maximum absolute atomic E-state index is 13.9. The first kappa shape index (κ1) is 18.4. The van der Waals surface area contributed by atoms with Crippen LogP contribution >= 0.6 is 0 Å². The van der Waals surface area contributed by atoms with E-state index in [1.807, 2.05) is 23.6 Å². The molecule has 1 fully saturated rings. The smallest absolute Gasteiger partial charge is 0.329 e. The summed E-state index contributed by atoms with van der Waals surface area (Å²) < 4.78 is 17.1. The zero-order valence-corrected chi connectivity index (χ0v) is 16.0. The van der Waals surface area contributed by atoms with Gasteiger partial charge in [-0.15, -0.1) is 0 Å². The second-order valence-electron chi connectivity index (χ2n) is 7.00. The maximum atomic E-state index is 13.9. The number of piperazine rings is 1. The zero-order valence-electron chi connectivity index (χ0n) is 16.0. The number of aryl methyl sites for hydroxylation is 2. The van der Waals surface area contributed by atoms with Gasteiger partial charge in [0, 0.05) is 51.9 Å². The second kappa shape index (κ2) is 7.23. The third-order valence-electron chi connectivity index (χ3n) is 5.31. The van der Waals surface area contributed by atoms with E-state index in [2.05, 4.69) is 19.8 Å². The number of rotatable bonds is 4. The Hall–Kier alpha value is -2.94. The van der Waals surface area contributed by atoms with Crippen LogP contribution < -0.4 is 16.1 Å². The van der Waals surface area contributed by atoms with Crippen molar-refractivity contribution in [2.45, 2.75) is 20.0 Å². The van der Waals surface area contributed by atoms with Gasteiger partial charge < -0.3 is 9.47 Å². The number of halogens is 1. The van der Waals surface area contributed by atoms with Crippen molar-refractivity contribution in [3.8, 4) is 0 Å². The van der Waals surface area contributed by atoms with Crippen LogP contribution in [0.25, 0.3) is 11.2 Å². The number of imidazole rings is 1. The van der Waals surface area contributed by atoms with Crippen LogP contribution in [0.2, 0.25) is 0 Å². The molecule has 4 rings (SSSR count). The Morgan fingerprint density at radius 3 is 2.54 bits per heavy atom. The van der Waals surface area contributed by atoms with Gasteiger partial charge >= 0.3 is 5.69 Å². The van der Waals surface area contributed by atoms with Crippen LogP contribution in [0.15, 0.2) is 33.9 Å². The molecule has 3 aromatic rings. The molecule has 3 heterocycles. The minimum atomic E-state index is -0.473. The highest BCUT2D eigenvalue weighted by molar-refractivity contribution is 5.74. The number of H-pyrrole nitrogens is 1. The summed E-state index contributed by atoms with van der Waals surface area (Å²) in [5.74, 6) is 0.507. The number of nitrogens with zero attached hydrogens (tertiary/aromatic N) is 5. The number of hydrogen-bond acceptors (Lipinski definition) is 5. The van der Waals surface area contributed by atoms with Crippen LogP contribution in [0.5, 0.6) is 0 Å². The predicted molar refractivity (Wildman–Crippen MR) is 105 cm³/mol. The molecule has 9 heteroatoms. The summed E-state index contributed by atoms with van der Waals surface area (Å²) in [5, 5.41) is 0. The molecule has 8 nitrogen and oxygen atoms in total. The molecule has 1 aliphatic rings. The largest absolute Gasteiger partial charge is 0.340 e. The van der Waals surface area contributed by atoms with Gasteiger partial charge in [-0.2, -0.15) is 4.98 Å². The summed E-state index contributed by atoms with van der Waals surface area (Å²) >= 11 is 0. The van der Waals surface area contributed by atoms with Gasteiger partial charge in [-0.25, -0.2) is 9.18 Å². The van der Waals surface area contributed by atoms with Crippen molar-refractivity contribution in [1.82, 2.24) is 24.0 Å². The van der Waals surface area contributed by atoms with Gasteiger partial charge in [0.05, 0.1) is 0 Å². The number of aromatic nitrogens is 4. The Balaban J connectivity index is 1.58. The van der Waals surface area contributed by atoms with Gasteiger partial charge in [0.25, 0.3) is 5.56 Å². The molecule has 1 saturated heterocycles. The number of benzene rings is 1. The van der Waals surface area contributed by atoms with Gasteiger partial charge in [-0.1, -0.05) is 18.2 Å². The van der Waals surface area contributed by atoms with Crippen LogP contribution in [-0.2, 0) is 20.1 Å². The summed E-state index contributed by atoms with van der Waals surface area (Å²) in [6.45, 7) is 6.03. The first-order chi connectivity index (χ1) is 13.5. The van der Waals surface area contributed by atoms with Crippen molar-refractivity contribution in [2.75, 3.05) is 31.1 Å². The number of hydrogen-bond donors (Lipinski definition) is 1. The lowest BCUT2D eigenvalue weighted by atomic mass is 10.2. The van der Waals surface area contributed by atoms with Gasteiger partial charge in [0.15, 0.2) is 11.2 Å². The molecule has 28 heavy (non-hydrogen) atoms. The Kier molecular flexibility index (Phi) is 4.76. The zero-order chi connectivity index (χ0) is 19.8. The normalized spacial score (nSPS) is 15.5. The predicted octanol–water partition coefficient (Wildman–Crippen LogP) is 0.905. The number of fused-ring (bicyclic) bond motifs is 1. The Morgan fingerprint density at radius 1 is 1.14 bits per heavy atom. The van der Waals surface area contributed by atoms with E-state index in [0.717, 1.165) is 13.1 Å². The molecule has 0 spiro atoms. The third-order valence-corrected chi connectivity index (χ3v) is 5.31. The summed E-state index contributed by atoms with van der Waals surface area (Å²) in [6.07, 6.45) is 0. The molecule has 0 atom stereocenters. The quantitative estimate of drug-likeness (QED) is 0.721. The molecular formula is C19H23FN6O2. The van der Waals surface area contributed by atoms with Crippen molar-refractivity contribution >= 4 is 17.1 Å². The number of nitrogens with one attached hydrogen (secondary N) is 1. The third kappa shape index (κ3) is 3.11. The van der Waals surface area contributed by atoms with Crippen molar-refractivity contribution in [3.63, 3.8) is 0 Å². The van der Waals surface area contributed by atoms with E-state index in [9.17, 15) is 14.0 Å². The van der Waals surface area contributed by atoms with Gasteiger partial charge in [-0.05, 0) is 13.0 Å². The summed E-state index contributed by atoms with van der Waals surface area (Å²) in [7, 11) is 1.60. The molecule has 0 bridgehead atoms. The van der Waals surface area contributed by atoms with Crippen LogP contribution in [0.1, 0.15) is 12.5 Å². The van der Waals surface area contributed by atoms with Gasteiger partial charge in [0.2, 0.25) is 5.95 Å². The lowest BCUT2D eigenvalue weighted by Crippen LogP contribution is -2.47. The van der Waals surface area contributed by atoms with Crippen molar-refractivity contribution in [1.29, 1.82) is 0 Å². The van der Waals surface area contributed by atoms with Crippen LogP contribution in [0.3, 0.4) is 0 Å². The first-order valence-electron chi connectivity index (χ1n) is 9.40. The number of anilines is 1. The molecule has 2 aromatic heterocycles. The van der Waals surface area contributed by atoms with E-state index in [1.54, 1.807) is 13.1 Å². The van der Waals surface area contributed by atoms with Gasteiger partial charge in [0.1, 0.15) is 5.82 Å². The topological polar surface area (TPSA) is 79.2 Å². The van der Waals surface area contributed by atoms with Gasteiger partial charge in [-0.3, -0.25) is 19.2 Å². The Labute approximate surface area is 160 Å². The van der Waals surface area contributed by atoms with E-state index >= 15 is 0 Å². The number of aromatic amines is 1. The SMILES string of the molecule is CCn1c(N2CCN(Cc3ccccc3F)CC2)nc2c1c(=O)[nH]c(=O)n2C. The van der Waals surface area contributed by atoms with Crippen molar-refractivity contribution in [2.24, 2.45) is 7.05 Å². The molecule has 1 aromatic carbocycles. The highest BCUT2D eigenvalue weighted by Crippen LogP contribution is 2.21. The minimum absolute atomic E-state index is 0.183. The van der Waals surface area contributed by atoms with Crippen LogP contribution in [0.4, 0.5) is 10.3 Å². The fraction of sp³-hybridized carbons (Fsp3) is 0.421. The van der Waals surface area contributed by atoms with Crippen molar-refractivity contribution < 1.29 is 4.39 Å². The highest BCUT2D eigenvalue weighted by atomic mass is 19.1. The minimum Gasteiger partial charge on any atom is -0.340 e. The lowest BCUT2D eigenvalue weighted by molar-refractivity contribution is 0.245. The Bertz CT molecular complexity index is 1120. The average molecular weight is 386 g/mol. The molecule has 0 aliphatic carbocycles. The second-order valence-corrected chi connectivity index (χ2v) is 7.00. The fourth-order valence-corrected chi connectivity index (χ4v) is 3.74. The highest BCUT2D eigenvalue weighted by Gasteiger charge is 2.24. The summed E-state index contributed by atoms with van der Waals surface area (Å²) in [6, 6.07) is 6.84.